The normalized spacial score (nSPS) is 20.5. The van der Waals surface area contributed by atoms with Gasteiger partial charge in [0.15, 0.2) is 0 Å². The van der Waals surface area contributed by atoms with Gasteiger partial charge in [-0.25, -0.2) is 0 Å². The maximum Gasteiger partial charge on any atom is -0.0273 e. The molecule has 0 aliphatic heterocycles. The molecule has 3 rings (SSSR count). The van der Waals surface area contributed by atoms with E-state index in [0.29, 0.717) is 0 Å². The molecule has 2 aliphatic carbocycles. The number of rotatable bonds is 0. The van der Waals surface area contributed by atoms with E-state index in [1.54, 1.807) is 22.3 Å². The van der Waals surface area contributed by atoms with E-state index < -0.39 is 0 Å². The second-order valence-electron chi connectivity index (χ2n) is 5.51. The zero-order valence-electron chi connectivity index (χ0n) is 10.2. The summed E-state index contributed by atoms with van der Waals surface area (Å²) >= 11 is 0. The second kappa shape index (κ2) is 4.61. The first-order valence-corrected chi connectivity index (χ1v) is 7.07. The van der Waals surface area contributed by atoms with Crippen LogP contribution in [0.25, 0.3) is 0 Å². The standard InChI is InChI=1S/C16H22/c1-3-7-13-11-14(8-4-1)16-10-6-2-5-9-15(16)12-13/h11-12H,1-10H2. The lowest BCUT2D eigenvalue weighted by Gasteiger charge is -2.18. The Balaban J connectivity index is 2.04. The van der Waals surface area contributed by atoms with Crippen molar-refractivity contribution in [2.24, 2.45) is 0 Å². The van der Waals surface area contributed by atoms with Crippen LogP contribution in [0.15, 0.2) is 12.1 Å². The van der Waals surface area contributed by atoms with Crippen molar-refractivity contribution in [1.82, 2.24) is 0 Å². The van der Waals surface area contributed by atoms with Crippen LogP contribution in [0.4, 0.5) is 0 Å². The molecule has 0 aromatic heterocycles. The average Bonchev–Trinajstić information content (AvgIpc) is 2.50. The lowest BCUT2D eigenvalue weighted by atomic mass is 9.88. The molecule has 0 atom stereocenters. The minimum atomic E-state index is 1.32. The fourth-order valence-electron chi connectivity index (χ4n) is 3.40. The minimum Gasteiger partial charge on any atom is -0.0555 e. The molecule has 0 saturated carbocycles. The van der Waals surface area contributed by atoms with Crippen LogP contribution in [0.2, 0.25) is 0 Å². The van der Waals surface area contributed by atoms with Crippen LogP contribution in [0.1, 0.15) is 60.8 Å². The van der Waals surface area contributed by atoms with Crippen molar-refractivity contribution < 1.29 is 0 Å². The van der Waals surface area contributed by atoms with Crippen molar-refractivity contribution in [3.63, 3.8) is 0 Å². The molecular formula is C16H22. The predicted octanol–water partition coefficient (Wildman–Crippen LogP) is 4.22. The third-order valence-corrected chi connectivity index (χ3v) is 4.28. The van der Waals surface area contributed by atoms with Gasteiger partial charge in [0, 0.05) is 0 Å². The van der Waals surface area contributed by atoms with Gasteiger partial charge in [-0.2, -0.15) is 0 Å². The molecule has 0 N–H and O–H groups in total. The molecule has 0 spiro atoms. The highest BCUT2D eigenvalue weighted by molar-refractivity contribution is 5.40. The molecule has 0 unspecified atom stereocenters. The van der Waals surface area contributed by atoms with E-state index in [0.717, 1.165) is 0 Å². The Morgan fingerprint density at radius 3 is 1.81 bits per heavy atom. The molecule has 0 saturated heterocycles. The third-order valence-electron chi connectivity index (χ3n) is 4.28. The maximum absolute atomic E-state index is 2.52. The first-order chi connectivity index (χ1) is 7.93. The Morgan fingerprint density at radius 1 is 0.562 bits per heavy atom. The lowest BCUT2D eigenvalue weighted by molar-refractivity contribution is 0.659. The highest BCUT2D eigenvalue weighted by Gasteiger charge is 2.14. The summed E-state index contributed by atoms with van der Waals surface area (Å²) in [5.74, 6) is 0. The van der Waals surface area contributed by atoms with E-state index in [1.165, 1.54) is 64.2 Å². The van der Waals surface area contributed by atoms with Crippen molar-refractivity contribution in [3.05, 3.63) is 34.4 Å². The molecule has 2 aliphatic rings. The smallest absolute Gasteiger partial charge is 0.0273 e. The van der Waals surface area contributed by atoms with E-state index in [-0.39, 0.29) is 0 Å². The van der Waals surface area contributed by atoms with Crippen LogP contribution in [0.5, 0.6) is 0 Å². The molecule has 2 bridgehead atoms. The molecule has 0 fully saturated rings. The molecule has 16 heavy (non-hydrogen) atoms. The fourth-order valence-corrected chi connectivity index (χ4v) is 3.40. The summed E-state index contributed by atoms with van der Waals surface area (Å²) in [7, 11) is 0. The van der Waals surface area contributed by atoms with Crippen molar-refractivity contribution in [1.29, 1.82) is 0 Å². The van der Waals surface area contributed by atoms with Gasteiger partial charge in [-0.05, 0) is 73.6 Å². The summed E-state index contributed by atoms with van der Waals surface area (Å²) in [6.07, 6.45) is 13.9. The summed E-state index contributed by atoms with van der Waals surface area (Å²) in [5.41, 5.74) is 6.76. The zero-order chi connectivity index (χ0) is 10.8. The van der Waals surface area contributed by atoms with Gasteiger partial charge in [0.2, 0.25) is 0 Å². The van der Waals surface area contributed by atoms with Gasteiger partial charge in [-0.15, -0.1) is 0 Å². The topological polar surface area (TPSA) is 0 Å². The van der Waals surface area contributed by atoms with E-state index in [1.807, 2.05) is 0 Å². The Bertz CT molecular complexity index is 376. The highest BCUT2D eigenvalue weighted by Crippen LogP contribution is 2.28. The first kappa shape index (κ1) is 10.4. The van der Waals surface area contributed by atoms with Crippen molar-refractivity contribution in [2.75, 3.05) is 0 Å². The Labute approximate surface area is 99.1 Å². The SMILES string of the molecule is c1c2cc3c(c1CCCCC2)CCCCC3. The van der Waals surface area contributed by atoms with E-state index >= 15 is 0 Å². The maximum atomic E-state index is 2.52. The monoisotopic (exact) mass is 214 g/mol. The van der Waals surface area contributed by atoms with Gasteiger partial charge >= 0.3 is 0 Å². The van der Waals surface area contributed by atoms with Crippen LogP contribution >= 0.6 is 0 Å². The Kier molecular flexibility index (Phi) is 2.99. The molecule has 1 aromatic carbocycles. The van der Waals surface area contributed by atoms with Crippen LogP contribution < -0.4 is 0 Å². The minimum absolute atomic E-state index is 1.32. The number of aryl methyl sites for hydroxylation is 3. The fraction of sp³-hybridized carbons (Fsp3) is 0.625. The summed E-state index contributed by atoms with van der Waals surface area (Å²) in [4.78, 5) is 0. The Morgan fingerprint density at radius 2 is 1.12 bits per heavy atom. The first-order valence-electron chi connectivity index (χ1n) is 7.07. The number of hydrogen-bond donors (Lipinski definition) is 0. The molecule has 0 radical (unpaired) electrons. The van der Waals surface area contributed by atoms with Gasteiger partial charge in [-0.3, -0.25) is 0 Å². The second-order valence-corrected chi connectivity index (χ2v) is 5.51. The van der Waals surface area contributed by atoms with Crippen molar-refractivity contribution in [3.8, 4) is 0 Å². The molecule has 0 nitrogen and oxygen atoms in total. The zero-order valence-corrected chi connectivity index (χ0v) is 10.2. The molecule has 1 aromatic rings. The van der Waals surface area contributed by atoms with Gasteiger partial charge in [0.05, 0.1) is 0 Å². The molecule has 0 heteroatoms. The molecule has 0 amide bonds. The van der Waals surface area contributed by atoms with Gasteiger partial charge in [0.25, 0.3) is 0 Å². The van der Waals surface area contributed by atoms with Crippen LogP contribution in [0, 0.1) is 0 Å². The summed E-state index contributed by atoms with van der Waals surface area (Å²) in [5, 5.41) is 0. The molecule has 0 heterocycles. The van der Waals surface area contributed by atoms with E-state index in [4.69, 9.17) is 0 Å². The average molecular weight is 214 g/mol. The lowest BCUT2D eigenvalue weighted by Crippen LogP contribution is -2.04. The number of hydrogen-bond acceptors (Lipinski definition) is 0. The van der Waals surface area contributed by atoms with E-state index in [2.05, 4.69) is 12.1 Å². The molecule has 86 valence electrons. The molecular weight excluding hydrogens is 192 g/mol. The summed E-state index contributed by atoms with van der Waals surface area (Å²) < 4.78 is 0. The summed E-state index contributed by atoms with van der Waals surface area (Å²) in [6.45, 7) is 0. The van der Waals surface area contributed by atoms with Gasteiger partial charge < -0.3 is 0 Å². The Hall–Kier alpha value is -0.780. The van der Waals surface area contributed by atoms with Crippen molar-refractivity contribution in [2.45, 2.75) is 64.2 Å². The number of benzene rings is 1. The van der Waals surface area contributed by atoms with E-state index in [9.17, 15) is 0 Å². The largest absolute Gasteiger partial charge is 0.0555 e. The van der Waals surface area contributed by atoms with Gasteiger partial charge in [0.1, 0.15) is 0 Å². The van der Waals surface area contributed by atoms with Crippen molar-refractivity contribution >= 4 is 0 Å². The van der Waals surface area contributed by atoms with Crippen LogP contribution in [-0.2, 0) is 25.7 Å². The van der Waals surface area contributed by atoms with Crippen LogP contribution in [-0.4, -0.2) is 0 Å². The summed E-state index contributed by atoms with van der Waals surface area (Å²) in [6, 6.07) is 5.04. The number of fused-ring (bicyclic) bond motifs is 4. The van der Waals surface area contributed by atoms with Gasteiger partial charge in [-0.1, -0.05) is 25.0 Å². The van der Waals surface area contributed by atoms with Crippen LogP contribution in [0.3, 0.4) is 0 Å². The third kappa shape index (κ3) is 2.03. The predicted molar refractivity (Wildman–Crippen MR) is 69.0 cm³/mol. The quantitative estimate of drug-likeness (QED) is 0.567. The highest BCUT2D eigenvalue weighted by atomic mass is 14.2.